The molecule has 41 heavy (non-hydrogen) atoms. The number of likely N-dealkylation sites (N-methyl/N-ethyl adjacent to an activating group) is 1. The van der Waals surface area contributed by atoms with E-state index in [-0.39, 0.29) is 30.4 Å². The molecular formula is C29H34BrN3O7S. The SMILES string of the molecule is CN(CC(C(=O)N1CC2=C(C1)CN(S(=O)(=O)c1ccc3c(c1)OCCO3)C2)c1cccc(Br)c1)C(=O)OC(C)(C)C. The molecule has 10 nitrogen and oxygen atoms in total. The van der Waals surface area contributed by atoms with Crippen LogP contribution in [0.5, 0.6) is 11.5 Å². The molecule has 0 N–H and O–H groups in total. The van der Waals surface area contributed by atoms with Crippen LogP contribution in [-0.4, -0.2) is 93.1 Å². The molecule has 5 rings (SSSR count). The standard InChI is InChI=1S/C29H34BrN3O7S/c1-29(2,3)40-28(35)31(4)18-24(19-6-5-7-22(30)12-19)27(34)32-14-20-16-33(17-21(20)15-32)41(36,37)23-8-9-25-26(13-23)39-11-10-38-25/h5-9,12-13,24H,10-11,14-18H2,1-4H3. The van der Waals surface area contributed by atoms with Crippen molar-refractivity contribution in [1.82, 2.24) is 14.1 Å². The van der Waals surface area contributed by atoms with Crippen molar-refractivity contribution < 1.29 is 32.2 Å². The number of fused-ring (bicyclic) bond motifs is 1. The Hall–Kier alpha value is -3.09. The van der Waals surface area contributed by atoms with Gasteiger partial charge in [-0.3, -0.25) is 4.79 Å². The molecule has 0 fully saturated rings. The molecule has 12 heteroatoms. The molecule has 0 spiro atoms. The van der Waals surface area contributed by atoms with Crippen LogP contribution in [0.2, 0.25) is 0 Å². The van der Waals surface area contributed by atoms with Crippen molar-refractivity contribution in [3.05, 3.63) is 63.6 Å². The van der Waals surface area contributed by atoms with Gasteiger partial charge in [0.05, 0.1) is 10.8 Å². The maximum absolute atomic E-state index is 13.9. The molecule has 2 amide bonds. The van der Waals surface area contributed by atoms with Gasteiger partial charge in [-0.2, -0.15) is 4.31 Å². The first-order valence-electron chi connectivity index (χ1n) is 13.4. The van der Waals surface area contributed by atoms with E-state index in [0.29, 0.717) is 37.8 Å². The van der Waals surface area contributed by atoms with Crippen LogP contribution < -0.4 is 9.47 Å². The molecule has 0 saturated heterocycles. The summed E-state index contributed by atoms with van der Waals surface area (Å²) in [5.41, 5.74) is 1.96. The van der Waals surface area contributed by atoms with E-state index < -0.39 is 27.6 Å². The third kappa shape index (κ3) is 6.39. The summed E-state index contributed by atoms with van der Waals surface area (Å²) < 4.78 is 45.7. The van der Waals surface area contributed by atoms with Gasteiger partial charge < -0.3 is 24.0 Å². The Bertz CT molecular complexity index is 1480. The second kappa shape index (κ2) is 11.3. The molecule has 0 aliphatic carbocycles. The minimum Gasteiger partial charge on any atom is -0.486 e. The Morgan fingerprint density at radius 2 is 1.66 bits per heavy atom. The minimum absolute atomic E-state index is 0.130. The number of carbonyl (C=O) groups is 2. The number of hydrogen-bond acceptors (Lipinski definition) is 7. The quantitative estimate of drug-likeness (QED) is 0.436. The van der Waals surface area contributed by atoms with E-state index in [1.54, 1.807) is 38.8 Å². The third-order valence-electron chi connectivity index (χ3n) is 7.17. The van der Waals surface area contributed by atoms with Crippen LogP contribution >= 0.6 is 15.9 Å². The van der Waals surface area contributed by atoms with Crippen LogP contribution in [0, 0.1) is 0 Å². The average molecular weight is 649 g/mol. The van der Waals surface area contributed by atoms with Gasteiger partial charge in [-0.05, 0) is 61.7 Å². The summed E-state index contributed by atoms with van der Waals surface area (Å²) in [6, 6.07) is 12.1. The van der Waals surface area contributed by atoms with Crippen molar-refractivity contribution in [2.24, 2.45) is 0 Å². The Labute approximate surface area is 249 Å². The lowest BCUT2D eigenvalue weighted by atomic mass is 9.97. The van der Waals surface area contributed by atoms with E-state index in [0.717, 1.165) is 21.2 Å². The zero-order valence-electron chi connectivity index (χ0n) is 23.6. The van der Waals surface area contributed by atoms with Crippen LogP contribution in [0.15, 0.2) is 63.0 Å². The first kappa shape index (κ1) is 29.4. The fourth-order valence-electron chi connectivity index (χ4n) is 5.16. The highest BCUT2D eigenvalue weighted by Gasteiger charge is 2.40. The highest BCUT2D eigenvalue weighted by atomic mass is 79.9. The van der Waals surface area contributed by atoms with Gasteiger partial charge in [-0.1, -0.05) is 28.1 Å². The van der Waals surface area contributed by atoms with Crippen LogP contribution in [-0.2, 0) is 19.6 Å². The van der Waals surface area contributed by atoms with Gasteiger partial charge in [-0.25, -0.2) is 13.2 Å². The number of amides is 2. The normalized spacial score (nSPS) is 17.8. The van der Waals surface area contributed by atoms with Gasteiger partial charge in [0.2, 0.25) is 15.9 Å². The summed E-state index contributed by atoms with van der Waals surface area (Å²) in [5.74, 6) is 0.198. The highest BCUT2D eigenvalue weighted by molar-refractivity contribution is 9.10. The van der Waals surface area contributed by atoms with Gasteiger partial charge in [-0.15, -0.1) is 0 Å². The third-order valence-corrected chi connectivity index (χ3v) is 9.45. The zero-order chi connectivity index (χ0) is 29.5. The molecule has 0 radical (unpaired) electrons. The number of benzene rings is 2. The molecule has 2 aromatic carbocycles. The fraction of sp³-hybridized carbons (Fsp3) is 0.448. The van der Waals surface area contributed by atoms with Gasteiger partial charge in [0.15, 0.2) is 11.5 Å². The van der Waals surface area contributed by atoms with Crippen molar-refractivity contribution in [2.45, 2.75) is 37.2 Å². The van der Waals surface area contributed by atoms with E-state index in [9.17, 15) is 18.0 Å². The topological polar surface area (TPSA) is 106 Å². The van der Waals surface area contributed by atoms with Crippen LogP contribution in [0.4, 0.5) is 4.79 Å². The van der Waals surface area contributed by atoms with Gasteiger partial charge in [0.25, 0.3) is 0 Å². The highest BCUT2D eigenvalue weighted by Crippen LogP contribution is 2.36. The molecule has 220 valence electrons. The maximum Gasteiger partial charge on any atom is 0.410 e. The fourth-order valence-corrected chi connectivity index (χ4v) is 7.03. The maximum atomic E-state index is 13.9. The molecule has 1 unspecified atom stereocenters. The van der Waals surface area contributed by atoms with Gasteiger partial charge in [0.1, 0.15) is 18.8 Å². The summed E-state index contributed by atoms with van der Waals surface area (Å²) in [7, 11) is -2.15. The van der Waals surface area contributed by atoms with Crippen LogP contribution in [0.1, 0.15) is 32.3 Å². The predicted octanol–water partition coefficient (Wildman–Crippen LogP) is 4.01. The van der Waals surface area contributed by atoms with Crippen molar-refractivity contribution in [3.63, 3.8) is 0 Å². The monoisotopic (exact) mass is 647 g/mol. The molecule has 0 saturated carbocycles. The zero-order valence-corrected chi connectivity index (χ0v) is 26.0. The van der Waals surface area contributed by atoms with Crippen molar-refractivity contribution in [3.8, 4) is 11.5 Å². The summed E-state index contributed by atoms with van der Waals surface area (Å²) in [5, 5.41) is 0. The van der Waals surface area contributed by atoms with Gasteiger partial charge in [0, 0.05) is 50.3 Å². The van der Waals surface area contributed by atoms with Crippen LogP contribution in [0.25, 0.3) is 0 Å². The van der Waals surface area contributed by atoms with E-state index in [1.165, 1.54) is 21.3 Å². The van der Waals surface area contributed by atoms with Gasteiger partial charge >= 0.3 is 6.09 Å². The predicted molar refractivity (Wildman–Crippen MR) is 156 cm³/mol. The summed E-state index contributed by atoms with van der Waals surface area (Å²) in [6.45, 7) is 7.43. The van der Waals surface area contributed by atoms with Crippen molar-refractivity contribution in [1.29, 1.82) is 0 Å². The van der Waals surface area contributed by atoms with Crippen molar-refractivity contribution >= 4 is 38.0 Å². The Balaban J connectivity index is 1.28. The molecule has 3 aliphatic rings. The average Bonchev–Trinajstić information content (AvgIpc) is 3.50. The lowest BCUT2D eigenvalue weighted by Gasteiger charge is -2.30. The Kier molecular flexibility index (Phi) is 8.10. The molecule has 1 atom stereocenters. The minimum atomic E-state index is -3.77. The molecule has 2 aromatic rings. The van der Waals surface area contributed by atoms with E-state index in [1.807, 2.05) is 24.3 Å². The van der Waals surface area contributed by atoms with E-state index >= 15 is 0 Å². The Morgan fingerprint density at radius 3 is 2.29 bits per heavy atom. The largest absolute Gasteiger partial charge is 0.486 e. The smallest absolute Gasteiger partial charge is 0.410 e. The number of nitrogens with zero attached hydrogens (tertiary/aromatic N) is 3. The summed E-state index contributed by atoms with van der Waals surface area (Å²) in [6.07, 6.45) is -0.507. The molecular weight excluding hydrogens is 614 g/mol. The number of sulfonamides is 1. The molecule has 3 aliphatic heterocycles. The first-order valence-corrected chi connectivity index (χ1v) is 15.6. The van der Waals surface area contributed by atoms with Crippen molar-refractivity contribution in [2.75, 3.05) is 53.0 Å². The van der Waals surface area contributed by atoms with E-state index in [2.05, 4.69) is 15.9 Å². The number of rotatable bonds is 6. The van der Waals surface area contributed by atoms with E-state index in [4.69, 9.17) is 14.2 Å². The molecule has 0 bridgehead atoms. The second-order valence-corrected chi connectivity index (χ2v) is 14.3. The molecule has 3 heterocycles. The number of ether oxygens (including phenoxy) is 3. The molecule has 0 aromatic heterocycles. The Morgan fingerprint density at radius 1 is 1.00 bits per heavy atom. The second-order valence-electron chi connectivity index (χ2n) is 11.4. The number of halogens is 1. The lowest BCUT2D eigenvalue weighted by molar-refractivity contribution is -0.132. The summed E-state index contributed by atoms with van der Waals surface area (Å²) in [4.78, 5) is 29.9. The number of carbonyl (C=O) groups excluding carboxylic acids is 2. The lowest BCUT2D eigenvalue weighted by Crippen LogP contribution is -2.43. The summed E-state index contributed by atoms with van der Waals surface area (Å²) >= 11 is 3.49. The first-order chi connectivity index (χ1) is 19.3. The number of hydrogen-bond donors (Lipinski definition) is 0. The van der Waals surface area contributed by atoms with Crippen LogP contribution in [0.3, 0.4) is 0 Å².